The fraction of sp³-hybridized carbons (Fsp3) is 0.533. The number of aromatic nitrogens is 4. The highest BCUT2D eigenvalue weighted by molar-refractivity contribution is 7.92. The molecule has 4 saturated heterocycles. The van der Waals surface area contributed by atoms with Gasteiger partial charge >= 0.3 is 6.18 Å². The van der Waals surface area contributed by atoms with Crippen molar-refractivity contribution in [1.29, 1.82) is 0 Å². The van der Waals surface area contributed by atoms with Gasteiger partial charge in [-0.25, -0.2) is 22.8 Å². The number of carbonyl (C=O) groups excluding carboxylic acids is 2. The van der Waals surface area contributed by atoms with Crippen molar-refractivity contribution in [3.63, 3.8) is 0 Å². The maximum atomic E-state index is 15.6. The van der Waals surface area contributed by atoms with E-state index in [9.17, 15) is 31.2 Å². The van der Waals surface area contributed by atoms with Gasteiger partial charge in [0.15, 0.2) is 9.84 Å². The number of hydrogen-bond donors (Lipinski definition) is 3. The number of sulfone groups is 1. The van der Waals surface area contributed by atoms with E-state index < -0.39 is 44.4 Å². The maximum Gasteiger partial charge on any atom is 0.419 e. The summed E-state index contributed by atoms with van der Waals surface area (Å²) in [6.45, 7) is 5.58. The molecular weight excluding hydrogens is 871 g/mol. The first-order chi connectivity index (χ1) is 31.2. The van der Waals surface area contributed by atoms with Gasteiger partial charge in [-0.15, -0.1) is 0 Å². The van der Waals surface area contributed by atoms with Crippen molar-refractivity contribution in [1.82, 2.24) is 30.0 Å². The number of likely N-dealkylation sites (tertiary alicyclic amines) is 1. The van der Waals surface area contributed by atoms with Gasteiger partial charge in [-0.05, 0) is 113 Å². The number of nitrogens with zero attached hydrogens (tertiary/aromatic N) is 6. The number of methoxy groups -OCH3 is 1. The van der Waals surface area contributed by atoms with E-state index >= 15 is 4.39 Å². The van der Waals surface area contributed by atoms with Crippen molar-refractivity contribution in [2.45, 2.75) is 92.6 Å². The molecule has 1 spiro atoms. The van der Waals surface area contributed by atoms with Crippen LogP contribution in [0.25, 0.3) is 11.3 Å². The van der Waals surface area contributed by atoms with Gasteiger partial charge in [0.25, 0.3) is 0 Å². The SMILES string of the molecule is COc1cc(NC2CCC(=O)NC2=O)ccc1N1CCC(CN2CCC3(CC2)CC(S(=O)(=O)c2ccc(Nc4ncc(C(F)(F)F)c(-c5cnn(C6CCOCC6)c5)n4)c(F)c2)C3)CC1. The second kappa shape index (κ2) is 18.1. The monoisotopic (exact) mass is 923 g/mol. The number of hydrogen-bond acceptors (Lipinski definition) is 13. The highest BCUT2D eigenvalue weighted by Crippen LogP contribution is 2.53. The number of imide groups is 1. The van der Waals surface area contributed by atoms with Crippen LogP contribution in [0.4, 0.5) is 40.6 Å². The minimum atomic E-state index is -4.76. The molecule has 20 heteroatoms. The van der Waals surface area contributed by atoms with Gasteiger partial charge in [-0.2, -0.15) is 18.3 Å². The van der Waals surface area contributed by atoms with Gasteiger partial charge in [-0.3, -0.25) is 19.6 Å². The molecule has 3 N–H and O–H groups in total. The molecule has 0 bridgehead atoms. The van der Waals surface area contributed by atoms with E-state index in [1.807, 2.05) is 18.2 Å². The number of benzene rings is 2. The van der Waals surface area contributed by atoms with Gasteiger partial charge in [0.2, 0.25) is 17.8 Å². The van der Waals surface area contributed by atoms with Crippen molar-refractivity contribution in [2.75, 3.05) is 68.6 Å². The van der Waals surface area contributed by atoms with Crippen LogP contribution in [0.2, 0.25) is 0 Å². The molecule has 4 aliphatic heterocycles. The summed E-state index contributed by atoms with van der Waals surface area (Å²) in [5.41, 5.74) is 0.160. The van der Waals surface area contributed by atoms with Crippen LogP contribution in [-0.4, -0.2) is 109 Å². The predicted octanol–water partition coefficient (Wildman–Crippen LogP) is 6.75. The summed E-state index contributed by atoms with van der Waals surface area (Å²) in [6, 6.07) is 8.85. The van der Waals surface area contributed by atoms with Crippen molar-refractivity contribution >= 4 is 44.7 Å². The van der Waals surface area contributed by atoms with E-state index in [4.69, 9.17) is 9.47 Å². The molecule has 2 amide bonds. The molecule has 0 radical (unpaired) electrons. The summed E-state index contributed by atoms with van der Waals surface area (Å²) >= 11 is 0. The first-order valence-corrected chi connectivity index (χ1v) is 23.8. The number of halogens is 4. The molecule has 2 aromatic carbocycles. The van der Waals surface area contributed by atoms with Crippen LogP contribution in [0, 0.1) is 17.2 Å². The zero-order chi connectivity index (χ0) is 45.5. The van der Waals surface area contributed by atoms with Gasteiger partial charge in [-0.1, -0.05) is 0 Å². The molecule has 1 aliphatic carbocycles. The molecule has 1 atom stereocenters. The van der Waals surface area contributed by atoms with Crippen LogP contribution < -0.4 is 25.6 Å². The lowest BCUT2D eigenvalue weighted by atomic mass is 9.63. The first kappa shape index (κ1) is 44.8. The van der Waals surface area contributed by atoms with E-state index in [-0.39, 0.29) is 45.4 Å². The average Bonchev–Trinajstić information content (AvgIpc) is 3.78. The van der Waals surface area contributed by atoms with Gasteiger partial charge in [0, 0.05) is 69.0 Å². The normalized spacial score (nSPS) is 21.6. The van der Waals surface area contributed by atoms with Gasteiger partial charge in [0.05, 0.1) is 46.6 Å². The highest BCUT2D eigenvalue weighted by atomic mass is 32.2. The lowest BCUT2D eigenvalue weighted by molar-refractivity contribution is -0.137. The van der Waals surface area contributed by atoms with Crippen LogP contribution in [-0.2, 0) is 30.3 Å². The molecule has 1 unspecified atom stereocenters. The van der Waals surface area contributed by atoms with Gasteiger partial charge in [0.1, 0.15) is 23.2 Å². The fourth-order valence-electron chi connectivity index (χ4n) is 10.1. The molecule has 2 aromatic heterocycles. The Bertz CT molecular complexity index is 2510. The number of amides is 2. The molecule has 1 saturated carbocycles. The highest BCUT2D eigenvalue weighted by Gasteiger charge is 2.51. The Kier molecular flexibility index (Phi) is 12.5. The van der Waals surface area contributed by atoms with Crippen molar-refractivity contribution in [3.05, 3.63) is 66.4 Å². The molecule has 5 aliphatic rings. The van der Waals surface area contributed by atoms with E-state index in [1.165, 1.54) is 24.5 Å². The summed E-state index contributed by atoms with van der Waals surface area (Å²) in [4.78, 5) is 36.4. The van der Waals surface area contributed by atoms with Crippen molar-refractivity contribution in [3.8, 4) is 17.0 Å². The number of ether oxygens (including phenoxy) is 2. The molecule has 9 rings (SSSR count). The average molecular weight is 924 g/mol. The lowest BCUT2D eigenvalue weighted by Gasteiger charge is -2.52. The largest absolute Gasteiger partial charge is 0.495 e. The van der Waals surface area contributed by atoms with E-state index in [2.05, 4.69) is 40.8 Å². The summed E-state index contributed by atoms with van der Waals surface area (Å²) in [5, 5.41) is 11.9. The quantitative estimate of drug-likeness (QED) is 0.101. The number of anilines is 4. The number of carbonyl (C=O) groups is 2. The van der Waals surface area contributed by atoms with Gasteiger partial charge < -0.3 is 29.9 Å². The Balaban J connectivity index is 0.757. The van der Waals surface area contributed by atoms with Crippen LogP contribution in [0.5, 0.6) is 5.75 Å². The van der Waals surface area contributed by atoms with Crippen molar-refractivity contribution in [2.24, 2.45) is 11.3 Å². The summed E-state index contributed by atoms with van der Waals surface area (Å²) in [6.07, 6.45) is 5.65. The number of nitrogens with one attached hydrogen (secondary N) is 3. The summed E-state index contributed by atoms with van der Waals surface area (Å²) in [5.74, 6) is -0.515. The minimum Gasteiger partial charge on any atom is -0.495 e. The summed E-state index contributed by atoms with van der Waals surface area (Å²) in [7, 11) is -2.21. The second-order valence-electron chi connectivity index (χ2n) is 18.1. The lowest BCUT2D eigenvalue weighted by Crippen LogP contribution is -2.52. The fourth-order valence-corrected chi connectivity index (χ4v) is 12.1. The van der Waals surface area contributed by atoms with Crippen LogP contribution in [0.3, 0.4) is 0 Å². The minimum absolute atomic E-state index is 0.0233. The Morgan fingerprint density at radius 1 is 0.969 bits per heavy atom. The second-order valence-corrected chi connectivity index (χ2v) is 20.3. The zero-order valence-corrected chi connectivity index (χ0v) is 36.9. The Morgan fingerprint density at radius 2 is 1.72 bits per heavy atom. The van der Waals surface area contributed by atoms with E-state index in [1.54, 1.807) is 11.8 Å². The summed E-state index contributed by atoms with van der Waals surface area (Å²) < 4.78 is 97.9. The Morgan fingerprint density at radius 3 is 2.42 bits per heavy atom. The topological polar surface area (TPSA) is 173 Å². The van der Waals surface area contributed by atoms with Crippen LogP contribution in [0.15, 0.2) is 59.9 Å². The molecule has 15 nitrogen and oxygen atoms in total. The third kappa shape index (κ3) is 9.65. The first-order valence-electron chi connectivity index (χ1n) is 22.3. The number of piperidine rings is 3. The molecule has 6 heterocycles. The smallest absolute Gasteiger partial charge is 0.419 e. The Hall–Kier alpha value is -5.34. The third-order valence-electron chi connectivity index (χ3n) is 14.0. The number of alkyl halides is 3. The standard InChI is InChI=1S/C45H53F4N9O6S/c1-63-39-20-30(52-37-5-7-40(59)54-42(37)60)2-6-38(39)57-14-8-28(9-15-57)26-56-16-12-44(13-17-56)22-33(23-44)65(61,62)32-3-4-36(35(46)21-32)53-43-50-25-34(45(47,48)49)41(55-43)29-24-51-58(27-29)31-10-18-64-19-11-31/h2-4,6,20-21,24-25,27-28,31,33,37,52H,5,7-19,22-23,26H2,1H3,(H,50,53,55)(H,54,59,60). The molecule has 5 fully saturated rings. The maximum absolute atomic E-state index is 15.6. The molecule has 4 aromatic rings. The third-order valence-corrected chi connectivity index (χ3v) is 16.1. The number of rotatable bonds is 12. The molecule has 65 heavy (non-hydrogen) atoms. The zero-order valence-electron chi connectivity index (χ0n) is 36.1. The van der Waals surface area contributed by atoms with E-state index in [0.29, 0.717) is 63.9 Å². The molecular formula is C45H53F4N9O6S. The van der Waals surface area contributed by atoms with E-state index in [0.717, 1.165) is 81.6 Å². The van der Waals surface area contributed by atoms with Crippen molar-refractivity contribution < 1.29 is 45.0 Å². The molecule has 348 valence electrons. The Labute approximate surface area is 374 Å². The predicted molar refractivity (Wildman–Crippen MR) is 233 cm³/mol. The van der Waals surface area contributed by atoms with Crippen LogP contribution in [0.1, 0.15) is 75.8 Å². The van der Waals surface area contributed by atoms with Crippen LogP contribution >= 0.6 is 0 Å².